The molecule has 0 unspecified atom stereocenters. The van der Waals surface area contributed by atoms with Gasteiger partial charge in [0.25, 0.3) is 0 Å². The highest BCUT2D eigenvalue weighted by atomic mass is 16.3. The van der Waals surface area contributed by atoms with Gasteiger partial charge in [-0.1, -0.05) is 20.8 Å². The molecule has 0 heterocycles. The molecular weight excluding hydrogens is 224 g/mol. The van der Waals surface area contributed by atoms with Crippen LogP contribution in [-0.2, 0) is 0 Å². The molecule has 1 rings (SSSR count). The quantitative estimate of drug-likeness (QED) is 0.730. The van der Waals surface area contributed by atoms with Crippen molar-refractivity contribution in [1.82, 2.24) is 5.32 Å². The molecule has 0 atom stereocenters. The van der Waals surface area contributed by atoms with E-state index in [0.717, 1.165) is 25.3 Å². The second-order valence-electron chi connectivity index (χ2n) is 5.71. The van der Waals surface area contributed by atoms with E-state index in [-0.39, 0.29) is 5.41 Å². The lowest BCUT2D eigenvalue weighted by Gasteiger charge is -2.32. The summed E-state index contributed by atoms with van der Waals surface area (Å²) in [6.45, 7) is 9.80. The molecule has 3 nitrogen and oxygen atoms in total. The van der Waals surface area contributed by atoms with Crippen molar-refractivity contribution in [2.75, 3.05) is 31.6 Å². The Kier molecular flexibility index (Phi) is 5.48. The molecule has 0 fully saturated rings. The number of phenolic OH excluding ortho intramolecular Hbond substituents is 1. The zero-order valence-corrected chi connectivity index (χ0v) is 12.0. The Morgan fingerprint density at radius 1 is 1.22 bits per heavy atom. The number of aromatic hydroxyl groups is 1. The van der Waals surface area contributed by atoms with Crippen molar-refractivity contribution < 1.29 is 5.11 Å². The summed E-state index contributed by atoms with van der Waals surface area (Å²) in [6, 6.07) is 7.36. The number of anilines is 1. The van der Waals surface area contributed by atoms with Crippen molar-refractivity contribution in [2.45, 2.75) is 27.2 Å². The highest BCUT2D eigenvalue weighted by molar-refractivity contribution is 5.48. The Labute approximate surface area is 111 Å². The number of nitrogens with zero attached hydrogens (tertiary/aromatic N) is 1. The molecule has 0 bridgehead atoms. The van der Waals surface area contributed by atoms with Crippen molar-refractivity contribution in [1.29, 1.82) is 0 Å². The summed E-state index contributed by atoms with van der Waals surface area (Å²) in [5, 5.41) is 12.8. The van der Waals surface area contributed by atoms with Crippen LogP contribution in [-0.4, -0.2) is 31.8 Å². The van der Waals surface area contributed by atoms with Crippen LogP contribution in [0.15, 0.2) is 24.3 Å². The van der Waals surface area contributed by atoms with E-state index in [2.05, 4.69) is 38.0 Å². The van der Waals surface area contributed by atoms with E-state index in [1.54, 1.807) is 12.1 Å². The SMILES string of the molecule is CCCNCC(C)(C)CN(C)c1ccc(O)cc1. The van der Waals surface area contributed by atoms with Gasteiger partial charge in [-0.15, -0.1) is 0 Å². The van der Waals surface area contributed by atoms with Gasteiger partial charge in [-0.3, -0.25) is 0 Å². The van der Waals surface area contributed by atoms with Crippen molar-refractivity contribution in [3.8, 4) is 5.75 Å². The zero-order chi connectivity index (χ0) is 13.6. The highest BCUT2D eigenvalue weighted by Gasteiger charge is 2.19. The Morgan fingerprint density at radius 2 is 1.83 bits per heavy atom. The van der Waals surface area contributed by atoms with Gasteiger partial charge >= 0.3 is 0 Å². The van der Waals surface area contributed by atoms with Gasteiger partial charge in [-0.05, 0) is 42.6 Å². The number of hydrogen-bond donors (Lipinski definition) is 2. The van der Waals surface area contributed by atoms with Crippen LogP contribution < -0.4 is 10.2 Å². The van der Waals surface area contributed by atoms with E-state index in [0.29, 0.717) is 5.75 Å². The average molecular weight is 250 g/mol. The lowest BCUT2D eigenvalue weighted by Crippen LogP contribution is -2.39. The molecule has 0 aliphatic carbocycles. The molecule has 2 N–H and O–H groups in total. The van der Waals surface area contributed by atoms with Gasteiger partial charge < -0.3 is 15.3 Å². The number of rotatable bonds is 7. The van der Waals surface area contributed by atoms with Crippen LogP contribution in [0.1, 0.15) is 27.2 Å². The first-order valence-corrected chi connectivity index (χ1v) is 6.65. The highest BCUT2D eigenvalue weighted by Crippen LogP contribution is 2.22. The molecule has 3 heteroatoms. The van der Waals surface area contributed by atoms with Gasteiger partial charge in [0.2, 0.25) is 0 Å². The Morgan fingerprint density at radius 3 is 2.39 bits per heavy atom. The largest absolute Gasteiger partial charge is 0.508 e. The minimum Gasteiger partial charge on any atom is -0.508 e. The third-order valence-corrected chi connectivity index (χ3v) is 2.99. The Hall–Kier alpha value is -1.22. The average Bonchev–Trinajstić information content (AvgIpc) is 2.29. The van der Waals surface area contributed by atoms with Crippen LogP contribution in [0, 0.1) is 5.41 Å². The zero-order valence-electron chi connectivity index (χ0n) is 12.0. The smallest absolute Gasteiger partial charge is 0.115 e. The molecule has 0 radical (unpaired) electrons. The van der Waals surface area contributed by atoms with E-state index in [4.69, 9.17) is 0 Å². The maximum atomic E-state index is 9.29. The molecule has 18 heavy (non-hydrogen) atoms. The third-order valence-electron chi connectivity index (χ3n) is 2.99. The summed E-state index contributed by atoms with van der Waals surface area (Å²) < 4.78 is 0. The summed E-state index contributed by atoms with van der Waals surface area (Å²) in [4.78, 5) is 2.23. The fourth-order valence-corrected chi connectivity index (χ4v) is 2.10. The predicted octanol–water partition coefficient (Wildman–Crippen LogP) is 2.85. The number of benzene rings is 1. The molecule has 0 amide bonds. The molecule has 0 spiro atoms. The van der Waals surface area contributed by atoms with Crippen LogP contribution in [0.3, 0.4) is 0 Å². The second-order valence-corrected chi connectivity index (χ2v) is 5.71. The molecule has 1 aromatic rings. The van der Waals surface area contributed by atoms with Crippen LogP contribution in [0.25, 0.3) is 0 Å². The van der Waals surface area contributed by atoms with Gasteiger partial charge in [-0.25, -0.2) is 0 Å². The van der Waals surface area contributed by atoms with E-state index in [1.165, 1.54) is 6.42 Å². The molecule has 1 aromatic carbocycles. The summed E-state index contributed by atoms with van der Waals surface area (Å²) in [5.74, 6) is 0.316. The van der Waals surface area contributed by atoms with E-state index >= 15 is 0 Å². The maximum Gasteiger partial charge on any atom is 0.115 e. The predicted molar refractivity (Wildman–Crippen MR) is 78.3 cm³/mol. The lowest BCUT2D eigenvalue weighted by atomic mass is 9.92. The molecule has 0 saturated carbocycles. The first kappa shape index (κ1) is 14.8. The van der Waals surface area contributed by atoms with Crippen LogP contribution >= 0.6 is 0 Å². The van der Waals surface area contributed by atoms with Crippen molar-refractivity contribution >= 4 is 5.69 Å². The first-order valence-electron chi connectivity index (χ1n) is 6.65. The summed E-state index contributed by atoms with van der Waals surface area (Å²) in [5.41, 5.74) is 1.36. The standard InChI is InChI=1S/C15H26N2O/c1-5-10-16-11-15(2,3)12-17(4)13-6-8-14(18)9-7-13/h6-9,16,18H,5,10-12H2,1-4H3. The number of hydrogen-bond acceptors (Lipinski definition) is 3. The minimum atomic E-state index is 0.224. The van der Waals surface area contributed by atoms with Gasteiger partial charge in [-0.2, -0.15) is 0 Å². The maximum absolute atomic E-state index is 9.29. The molecular formula is C15H26N2O. The van der Waals surface area contributed by atoms with Crippen LogP contribution in [0.4, 0.5) is 5.69 Å². The second kappa shape index (κ2) is 6.64. The molecule has 0 aliphatic heterocycles. The fraction of sp³-hybridized carbons (Fsp3) is 0.600. The third kappa shape index (κ3) is 4.96. The van der Waals surface area contributed by atoms with Crippen LogP contribution in [0.5, 0.6) is 5.75 Å². The van der Waals surface area contributed by atoms with Crippen molar-refractivity contribution in [3.05, 3.63) is 24.3 Å². The summed E-state index contributed by atoms with van der Waals surface area (Å²) in [6.07, 6.45) is 1.17. The van der Waals surface area contributed by atoms with Gasteiger partial charge in [0.1, 0.15) is 5.75 Å². The molecule has 0 aliphatic rings. The minimum absolute atomic E-state index is 0.224. The Bertz CT molecular complexity index is 346. The fourth-order valence-electron chi connectivity index (χ4n) is 2.10. The molecule has 0 aromatic heterocycles. The topological polar surface area (TPSA) is 35.5 Å². The van der Waals surface area contributed by atoms with E-state index < -0.39 is 0 Å². The van der Waals surface area contributed by atoms with E-state index in [9.17, 15) is 5.11 Å². The monoisotopic (exact) mass is 250 g/mol. The van der Waals surface area contributed by atoms with E-state index in [1.807, 2.05) is 12.1 Å². The Balaban J connectivity index is 2.52. The van der Waals surface area contributed by atoms with Crippen molar-refractivity contribution in [2.24, 2.45) is 5.41 Å². The van der Waals surface area contributed by atoms with Gasteiger partial charge in [0.15, 0.2) is 0 Å². The first-order chi connectivity index (χ1) is 8.44. The molecule has 102 valence electrons. The lowest BCUT2D eigenvalue weighted by molar-refractivity contribution is 0.347. The van der Waals surface area contributed by atoms with Crippen molar-refractivity contribution in [3.63, 3.8) is 0 Å². The summed E-state index contributed by atoms with van der Waals surface area (Å²) in [7, 11) is 2.09. The van der Waals surface area contributed by atoms with Gasteiger partial charge in [0.05, 0.1) is 0 Å². The van der Waals surface area contributed by atoms with Gasteiger partial charge in [0, 0.05) is 25.8 Å². The number of nitrogens with one attached hydrogen (secondary N) is 1. The summed E-state index contributed by atoms with van der Waals surface area (Å²) >= 11 is 0. The number of phenols is 1. The normalized spacial score (nSPS) is 11.6. The molecule has 0 saturated heterocycles. The van der Waals surface area contributed by atoms with Crippen LogP contribution in [0.2, 0.25) is 0 Å².